The third-order valence-electron chi connectivity index (χ3n) is 3.78. The lowest BCUT2D eigenvalue weighted by Gasteiger charge is -2.06. The zero-order chi connectivity index (χ0) is 16.4. The van der Waals surface area contributed by atoms with Gasteiger partial charge in [0.2, 0.25) is 5.95 Å². The number of hydrogen-bond donors (Lipinski definition) is 3. The van der Waals surface area contributed by atoms with Gasteiger partial charge >= 0.3 is 0 Å². The first-order valence-corrected chi connectivity index (χ1v) is 7.63. The van der Waals surface area contributed by atoms with E-state index < -0.39 is 0 Å². The fraction of sp³-hybridized carbons (Fsp3) is 0.0556. The van der Waals surface area contributed by atoms with Crippen LogP contribution in [-0.4, -0.2) is 19.9 Å². The van der Waals surface area contributed by atoms with Gasteiger partial charge in [0.25, 0.3) is 0 Å². The monoisotopic (exact) mass is 316 g/mol. The minimum absolute atomic E-state index is 0.416. The van der Waals surface area contributed by atoms with Gasteiger partial charge in [-0.2, -0.15) is 0 Å². The van der Waals surface area contributed by atoms with Gasteiger partial charge in [0.05, 0.1) is 11.0 Å². The molecule has 24 heavy (non-hydrogen) atoms. The second-order valence-corrected chi connectivity index (χ2v) is 5.49. The van der Waals surface area contributed by atoms with Crippen molar-refractivity contribution in [3.63, 3.8) is 0 Å². The first kappa shape index (κ1) is 14.2. The molecule has 0 unspecified atom stereocenters. The predicted molar refractivity (Wildman–Crippen MR) is 95.3 cm³/mol. The lowest BCUT2D eigenvalue weighted by atomic mass is 10.1. The number of aromatic nitrogens is 4. The number of rotatable bonds is 4. The molecule has 0 aliphatic rings. The Balaban J connectivity index is 1.52. The van der Waals surface area contributed by atoms with Gasteiger partial charge < -0.3 is 16.0 Å². The van der Waals surface area contributed by atoms with Crippen molar-refractivity contribution in [1.82, 2.24) is 19.9 Å². The number of benzene rings is 2. The van der Waals surface area contributed by atoms with Crippen LogP contribution < -0.4 is 11.1 Å². The Morgan fingerprint density at radius 1 is 0.958 bits per heavy atom. The van der Waals surface area contributed by atoms with Gasteiger partial charge in [0, 0.05) is 24.5 Å². The zero-order valence-electron chi connectivity index (χ0n) is 12.9. The Hall–Kier alpha value is -3.41. The van der Waals surface area contributed by atoms with Crippen LogP contribution in [0.2, 0.25) is 0 Å². The molecule has 4 aromatic rings. The summed E-state index contributed by atoms with van der Waals surface area (Å²) in [6.07, 6.45) is 3.61. The van der Waals surface area contributed by atoms with Crippen LogP contribution in [0.1, 0.15) is 5.56 Å². The van der Waals surface area contributed by atoms with E-state index in [1.54, 1.807) is 12.4 Å². The quantitative estimate of drug-likeness (QED) is 0.537. The summed E-state index contributed by atoms with van der Waals surface area (Å²) in [5, 5.41) is 3.22. The molecular weight excluding hydrogens is 300 g/mol. The molecule has 0 bridgehead atoms. The molecule has 0 fully saturated rings. The number of hydrogen-bond acceptors (Lipinski definition) is 5. The second kappa shape index (κ2) is 6.00. The van der Waals surface area contributed by atoms with Crippen molar-refractivity contribution < 1.29 is 0 Å². The van der Waals surface area contributed by atoms with E-state index in [2.05, 4.69) is 37.4 Å². The standard InChI is InChI=1S/C18H16N6/c19-17-23-15-7-6-13(8-16(15)24-17)14-10-21-18(22-11-14)20-9-12-4-2-1-3-5-12/h1-8,10-11H,9H2,(H3,19,23,24)(H,20,21,22). The highest BCUT2D eigenvalue weighted by atomic mass is 15.1. The van der Waals surface area contributed by atoms with Gasteiger partial charge in [-0.25, -0.2) is 15.0 Å². The number of imidazole rings is 1. The molecule has 0 spiro atoms. The normalized spacial score (nSPS) is 10.8. The maximum atomic E-state index is 5.68. The van der Waals surface area contributed by atoms with Gasteiger partial charge in [-0.05, 0) is 23.3 Å². The largest absolute Gasteiger partial charge is 0.369 e. The predicted octanol–water partition coefficient (Wildman–Crippen LogP) is 3.21. The SMILES string of the molecule is Nc1nc2ccc(-c3cnc(NCc4ccccc4)nc3)cc2[nH]1. The molecular formula is C18H16N6. The van der Waals surface area contributed by atoms with Crippen molar-refractivity contribution in [3.8, 4) is 11.1 Å². The Labute approximate surface area is 138 Å². The number of nitrogens with one attached hydrogen (secondary N) is 2. The Morgan fingerprint density at radius 2 is 1.75 bits per heavy atom. The molecule has 0 atom stereocenters. The van der Waals surface area contributed by atoms with Crippen LogP contribution in [0.4, 0.5) is 11.9 Å². The van der Waals surface area contributed by atoms with Gasteiger partial charge in [-0.15, -0.1) is 0 Å². The summed E-state index contributed by atoms with van der Waals surface area (Å²) >= 11 is 0. The van der Waals surface area contributed by atoms with Crippen LogP contribution in [0.25, 0.3) is 22.2 Å². The van der Waals surface area contributed by atoms with Gasteiger partial charge in [0.15, 0.2) is 5.95 Å². The van der Waals surface area contributed by atoms with Crippen LogP contribution in [0, 0.1) is 0 Å². The van der Waals surface area contributed by atoms with Crippen LogP contribution in [0.5, 0.6) is 0 Å². The summed E-state index contributed by atoms with van der Waals surface area (Å²) in [6, 6.07) is 16.1. The number of fused-ring (bicyclic) bond motifs is 1. The third-order valence-corrected chi connectivity index (χ3v) is 3.78. The molecule has 2 heterocycles. The molecule has 4 rings (SSSR count). The fourth-order valence-electron chi connectivity index (χ4n) is 2.55. The molecule has 2 aromatic heterocycles. The summed E-state index contributed by atoms with van der Waals surface area (Å²) in [6.45, 7) is 0.694. The van der Waals surface area contributed by atoms with Crippen LogP contribution in [-0.2, 0) is 6.54 Å². The van der Waals surface area contributed by atoms with Gasteiger partial charge in [-0.3, -0.25) is 0 Å². The minimum atomic E-state index is 0.416. The van der Waals surface area contributed by atoms with Crippen molar-refractivity contribution in [3.05, 3.63) is 66.5 Å². The van der Waals surface area contributed by atoms with E-state index in [0.29, 0.717) is 18.4 Å². The Kier molecular flexibility index (Phi) is 3.55. The van der Waals surface area contributed by atoms with Crippen molar-refractivity contribution >= 4 is 22.9 Å². The first-order chi connectivity index (χ1) is 11.8. The Morgan fingerprint density at radius 3 is 2.54 bits per heavy atom. The topological polar surface area (TPSA) is 92.5 Å². The first-order valence-electron chi connectivity index (χ1n) is 7.63. The fourth-order valence-corrected chi connectivity index (χ4v) is 2.55. The zero-order valence-corrected chi connectivity index (χ0v) is 12.9. The van der Waals surface area contributed by atoms with E-state index >= 15 is 0 Å². The highest BCUT2D eigenvalue weighted by Gasteiger charge is 2.05. The van der Waals surface area contributed by atoms with Crippen LogP contribution in [0.3, 0.4) is 0 Å². The molecule has 118 valence electrons. The molecule has 2 aromatic carbocycles. The molecule has 4 N–H and O–H groups in total. The summed E-state index contributed by atoms with van der Waals surface area (Å²) in [5.41, 5.74) is 10.6. The smallest absolute Gasteiger partial charge is 0.222 e. The lowest BCUT2D eigenvalue weighted by Crippen LogP contribution is -2.03. The average molecular weight is 316 g/mol. The summed E-state index contributed by atoms with van der Waals surface area (Å²) in [4.78, 5) is 16.0. The van der Waals surface area contributed by atoms with E-state index in [1.807, 2.05) is 36.4 Å². The number of aromatic amines is 1. The number of H-pyrrole nitrogens is 1. The van der Waals surface area contributed by atoms with E-state index in [9.17, 15) is 0 Å². The molecule has 0 amide bonds. The number of anilines is 2. The van der Waals surface area contributed by atoms with Gasteiger partial charge in [-0.1, -0.05) is 36.4 Å². The van der Waals surface area contributed by atoms with Crippen molar-refractivity contribution in [2.24, 2.45) is 0 Å². The highest BCUT2D eigenvalue weighted by molar-refractivity contribution is 5.83. The third kappa shape index (κ3) is 2.89. The van der Waals surface area contributed by atoms with E-state index in [1.165, 1.54) is 5.56 Å². The average Bonchev–Trinajstić information content (AvgIpc) is 3.00. The van der Waals surface area contributed by atoms with E-state index in [0.717, 1.165) is 22.2 Å². The molecule has 6 nitrogen and oxygen atoms in total. The molecule has 0 saturated carbocycles. The molecule has 6 heteroatoms. The Bertz CT molecular complexity index is 960. The highest BCUT2D eigenvalue weighted by Crippen LogP contribution is 2.23. The van der Waals surface area contributed by atoms with Crippen molar-refractivity contribution in [1.29, 1.82) is 0 Å². The number of nitrogens with zero attached hydrogens (tertiary/aromatic N) is 3. The van der Waals surface area contributed by atoms with E-state index in [4.69, 9.17) is 5.73 Å². The number of nitrogens with two attached hydrogens (primary N) is 1. The van der Waals surface area contributed by atoms with Crippen LogP contribution in [0.15, 0.2) is 60.9 Å². The number of nitrogen functional groups attached to an aromatic ring is 1. The van der Waals surface area contributed by atoms with E-state index in [-0.39, 0.29) is 0 Å². The molecule has 0 aliphatic carbocycles. The summed E-state index contributed by atoms with van der Waals surface area (Å²) in [5.74, 6) is 1.02. The maximum Gasteiger partial charge on any atom is 0.222 e. The van der Waals surface area contributed by atoms with Crippen molar-refractivity contribution in [2.75, 3.05) is 11.1 Å². The van der Waals surface area contributed by atoms with Gasteiger partial charge in [0.1, 0.15) is 0 Å². The lowest BCUT2D eigenvalue weighted by molar-refractivity contribution is 1.06. The second-order valence-electron chi connectivity index (χ2n) is 5.49. The van der Waals surface area contributed by atoms with Crippen LogP contribution >= 0.6 is 0 Å². The summed E-state index contributed by atoms with van der Waals surface area (Å²) in [7, 11) is 0. The minimum Gasteiger partial charge on any atom is -0.369 e. The maximum absolute atomic E-state index is 5.68. The molecule has 0 aliphatic heterocycles. The van der Waals surface area contributed by atoms with Crippen molar-refractivity contribution in [2.45, 2.75) is 6.54 Å². The molecule has 0 saturated heterocycles. The summed E-state index contributed by atoms with van der Waals surface area (Å²) < 4.78 is 0. The molecule has 0 radical (unpaired) electrons.